The summed E-state index contributed by atoms with van der Waals surface area (Å²) in [5.41, 5.74) is 1.56. The second-order valence-electron chi connectivity index (χ2n) is 7.40. The van der Waals surface area contributed by atoms with Gasteiger partial charge in [0.25, 0.3) is 0 Å². The largest absolute Gasteiger partial charge is 0.467 e. The second kappa shape index (κ2) is 8.20. The maximum atomic E-state index is 14.1. The van der Waals surface area contributed by atoms with Crippen LogP contribution in [0.1, 0.15) is 49.3 Å². The van der Waals surface area contributed by atoms with Gasteiger partial charge in [0.1, 0.15) is 11.6 Å². The molecule has 8 heteroatoms. The normalized spacial score (nSPS) is 17.1. The Morgan fingerprint density at radius 2 is 2.07 bits per heavy atom. The summed E-state index contributed by atoms with van der Waals surface area (Å²) in [4.78, 5) is 0. The van der Waals surface area contributed by atoms with Crippen LogP contribution >= 0.6 is 11.8 Å². The van der Waals surface area contributed by atoms with Gasteiger partial charge in [-0.15, -0.1) is 10.2 Å². The summed E-state index contributed by atoms with van der Waals surface area (Å²) >= 11 is 1.55. The molecule has 1 fully saturated rings. The summed E-state index contributed by atoms with van der Waals surface area (Å²) in [5, 5.41) is 9.70. The van der Waals surface area contributed by atoms with Crippen molar-refractivity contribution < 1.29 is 18.3 Å². The number of thioether (sulfide) groups is 1. The summed E-state index contributed by atoms with van der Waals surface area (Å²) in [6.45, 7) is 0.558. The number of benzene rings is 1. The van der Waals surface area contributed by atoms with Crippen molar-refractivity contribution in [2.24, 2.45) is 0 Å². The number of nitrogens with zero attached hydrogens (tertiary/aromatic N) is 3. The fourth-order valence-electron chi connectivity index (χ4n) is 4.12. The fourth-order valence-corrected chi connectivity index (χ4v) is 5.10. The number of aromatic nitrogens is 3. The second-order valence-corrected chi connectivity index (χ2v) is 8.34. The number of halogens is 1. The standard InChI is InChI=1S/C21H22FN3O3S/c22-16-9-14-11-26-13-28-19(14)15(10-16)12-29-21-24-23-20(18-7-4-8-27-18)25(21)17-5-2-1-3-6-17/h4,7-10,17H,1-3,5-6,11-13H2. The average Bonchev–Trinajstić information content (AvgIpc) is 3.42. The maximum Gasteiger partial charge on any atom is 0.200 e. The van der Waals surface area contributed by atoms with Crippen LogP contribution in [0.2, 0.25) is 0 Å². The SMILES string of the molecule is Fc1cc2c(c(CSc3nnc(-c4ccco4)n3C3CCCCC3)c1)OCOC2. The minimum atomic E-state index is -0.279. The van der Waals surface area contributed by atoms with E-state index in [1.54, 1.807) is 18.0 Å². The van der Waals surface area contributed by atoms with Crippen molar-refractivity contribution in [1.29, 1.82) is 0 Å². The monoisotopic (exact) mass is 415 g/mol. The third kappa shape index (κ3) is 3.79. The molecule has 0 radical (unpaired) electrons. The molecule has 3 heterocycles. The van der Waals surface area contributed by atoms with Crippen LogP contribution in [0.25, 0.3) is 11.6 Å². The number of fused-ring (bicyclic) bond motifs is 1. The van der Waals surface area contributed by atoms with Crippen molar-refractivity contribution in [3.63, 3.8) is 0 Å². The molecule has 2 aliphatic rings. The van der Waals surface area contributed by atoms with E-state index in [1.807, 2.05) is 12.1 Å². The summed E-state index contributed by atoms with van der Waals surface area (Å²) < 4.78 is 32.8. The van der Waals surface area contributed by atoms with E-state index >= 15 is 0 Å². The Morgan fingerprint density at radius 3 is 2.90 bits per heavy atom. The van der Waals surface area contributed by atoms with E-state index in [9.17, 15) is 4.39 Å². The Morgan fingerprint density at radius 1 is 1.17 bits per heavy atom. The van der Waals surface area contributed by atoms with Crippen LogP contribution in [-0.2, 0) is 17.1 Å². The topological polar surface area (TPSA) is 62.3 Å². The molecule has 0 bridgehead atoms. The molecule has 1 aliphatic carbocycles. The Hall–Kier alpha value is -2.32. The van der Waals surface area contributed by atoms with Gasteiger partial charge in [-0.05, 0) is 37.1 Å². The Labute approximate surface area is 172 Å². The van der Waals surface area contributed by atoms with Crippen molar-refractivity contribution >= 4 is 11.8 Å². The summed E-state index contributed by atoms with van der Waals surface area (Å²) in [6, 6.07) is 7.14. The third-order valence-electron chi connectivity index (χ3n) is 5.45. The molecule has 2 aromatic heterocycles. The predicted octanol–water partition coefficient (Wildman–Crippen LogP) is 5.34. The molecule has 0 amide bonds. The Balaban J connectivity index is 1.45. The minimum absolute atomic E-state index is 0.192. The van der Waals surface area contributed by atoms with Gasteiger partial charge in [0.2, 0.25) is 5.82 Å². The van der Waals surface area contributed by atoms with E-state index in [0.29, 0.717) is 18.4 Å². The smallest absolute Gasteiger partial charge is 0.200 e. The molecule has 1 aliphatic heterocycles. The lowest BCUT2D eigenvalue weighted by Gasteiger charge is -2.25. The molecule has 3 aromatic rings. The van der Waals surface area contributed by atoms with E-state index in [1.165, 1.54) is 31.4 Å². The molecule has 1 aromatic carbocycles. The molecule has 0 saturated heterocycles. The van der Waals surface area contributed by atoms with Crippen LogP contribution in [0, 0.1) is 5.82 Å². The number of hydrogen-bond acceptors (Lipinski definition) is 6. The van der Waals surface area contributed by atoms with Crippen molar-refractivity contribution in [3.8, 4) is 17.3 Å². The first-order chi connectivity index (χ1) is 14.3. The van der Waals surface area contributed by atoms with E-state index in [2.05, 4.69) is 14.8 Å². The first-order valence-electron chi connectivity index (χ1n) is 9.93. The van der Waals surface area contributed by atoms with Crippen LogP contribution in [0.5, 0.6) is 5.75 Å². The molecule has 0 unspecified atom stereocenters. The quantitative estimate of drug-likeness (QED) is 0.524. The maximum absolute atomic E-state index is 14.1. The predicted molar refractivity (Wildman–Crippen MR) is 106 cm³/mol. The highest BCUT2D eigenvalue weighted by Gasteiger charge is 2.25. The van der Waals surface area contributed by atoms with Crippen molar-refractivity contribution in [1.82, 2.24) is 14.8 Å². The molecule has 29 heavy (non-hydrogen) atoms. The molecule has 0 N–H and O–H groups in total. The molecule has 0 spiro atoms. The zero-order valence-electron chi connectivity index (χ0n) is 16.0. The first kappa shape index (κ1) is 18.7. The lowest BCUT2D eigenvalue weighted by molar-refractivity contribution is -0.0171. The number of hydrogen-bond donors (Lipinski definition) is 0. The zero-order chi connectivity index (χ0) is 19.6. The van der Waals surface area contributed by atoms with Crippen molar-refractivity contribution in [2.45, 2.75) is 55.7 Å². The van der Waals surface area contributed by atoms with Gasteiger partial charge >= 0.3 is 0 Å². The molecule has 0 atom stereocenters. The first-order valence-corrected chi connectivity index (χ1v) is 10.9. The number of ether oxygens (including phenoxy) is 2. The molecule has 6 nitrogen and oxygen atoms in total. The van der Waals surface area contributed by atoms with E-state index in [-0.39, 0.29) is 12.6 Å². The van der Waals surface area contributed by atoms with Gasteiger partial charge in [-0.2, -0.15) is 0 Å². The van der Waals surface area contributed by atoms with E-state index in [4.69, 9.17) is 13.9 Å². The van der Waals surface area contributed by atoms with E-state index < -0.39 is 0 Å². The van der Waals surface area contributed by atoms with Crippen molar-refractivity contribution in [3.05, 3.63) is 47.5 Å². The van der Waals surface area contributed by atoms with Gasteiger partial charge in [-0.3, -0.25) is 4.57 Å². The molecular formula is C21H22FN3O3S. The lowest BCUT2D eigenvalue weighted by atomic mass is 9.95. The van der Waals surface area contributed by atoms with Gasteiger partial charge in [0.15, 0.2) is 17.7 Å². The highest BCUT2D eigenvalue weighted by Crippen LogP contribution is 2.38. The third-order valence-corrected chi connectivity index (χ3v) is 6.45. The number of rotatable bonds is 5. The summed E-state index contributed by atoms with van der Waals surface area (Å²) in [5.74, 6) is 2.47. The lowest BCUT2D eigenvalue weighted by Crippen LogP contribution is -2.15. The highest BCUT2D eigenvalue weighted by molar-refractivity contribution is 7.98. The molecular weight excluding hydrogens is 393 g/mol. The van der Waals surface area contributed by atoms with Gasteiger partial charge in [-0.25, -0.2) is 4.39 Å². The van der Waals surface area contributed by atoms with Crippen LogP contribution in [0.3, 0.4) is 0 Å². The number of furan rings is 1. The van der Waals surface area contributed by atoms with Crippen molar-refractivity contribution in [2.75, 3.05) is 6.79 Å². The molecule has 1 saturated carbocycles. The molecule has 152 valence electrons. The fraction of sp³-hybridized carbons (Fsp3) is 0.429. The Bertz CT molecular complexity index is 983. The van der Waals surface area contributed by atoms with Gasteiger partial charge in [-0.1, -0.05) is 31.0 Å². The Kier molecular flexibility index (Phi) is 5.28. The van der Waals surface area contributed by atoms with Gasteiger partial charge in [0.05, 0.1) is 12.9 Å². The summed E-state index contributed by atoms with van der Waals surface area (Å²) in [7, 11) is 0. The van der Waals surface area contributed by atoms with Crippen LogP contribution in [0.15, 0.2) is 40.1 Å². The summed E-state index contributed by atoms with van der Waals surface area (Å²) in [6.07, 6.45) is 7.54. The van der Waals surface area contributed by atoms with Crippen LogP contribution < -0.4 is 4.74 Å². The van der Waals surface area contributed by atoms with E-state index in [0.717, 1.165) is 46.5 Å². The molecule has 5 rings (SSSR count). The van der Waals surface area contributed by atoms with Crippen LogP contribution in [-0.4, -0.2) is 21.6 Å². The highest BCUT2D eigenvalue weighted by atomic mass is 32.2. The minimum Gasteiger partial charge on any atom is -0.467 e. The zero-order valence-corrected chi connectivity index (χ0v) is 16.8. The van der Waals surface area contributed by atoms with Gasteiger partial charge in [0, 0.05) is 22.9 Å². The average molecular weight is 415 g/mol. The van der Waals surface area contributed by atoms with Gasteiger partial charge < -0.3 is 13.9 Å². The van der Waals surface area contributed by atoms with Crippen LogP contribution in [0.4, 0.5) is 4.39 Å².